The first-order valence-electron chi connectivity index (χ1n) is 5.87. The standard InChI is InChI=1S/C9H26O5Si4/c1-9-18(8,11)14-17(6,7)13-16(4,5)12-15(2,3)10/h9-11H,1H2,2-8H3. The smallest absolute Gasteiger partial charge is 0.349 e. The van der Waals surface area contributed by atoms with Gasteiger partial charge >= 0.3 is 34.2 Å². The molecule has 0 bridgehead atoms. The normalized spacial score (nSPS) is 17.4. The summed E-state index contributed by atoms with van der Waals surface area (Å²) in [5.74, 6) is 0. The molecular weight excluding hydrogens is 300 g/mol. The molecule has 0 fully saturated rings. The maximum atomic E-state index is 9.98. The lowest BCUT2D eigenvalue weighted by atomic mass is 11.3. The summed E-state index contributed by atoms with van der Waals surface area (Å²) in [6.45, 7) is 16.1. The van der Waals surface area contributed by atoms with Crippen LogP contribution in [0, 0.1) is 0 Å². The van der Waals surface area contributed by atoms with Crippen LogP contribution >= 0.6 is 0 Å². The molecule has 0 amide bonds. The van der Waals surface area contributed by atoms with Crippen LogP contribution in [0.2, 0.25) is 45.8 Å². The van der Waals surface area contributed by atoms with Gasteiger partial charge in [0.2, 0.25) is 0 Å². The van der Waals surface area contributed by atoms with Gasteiger partial charge in [0.15, 0.2) is 0 Å². The fourth-order valence-electron chi connectivity index (χ4n) is 1.77. The zero-order valence-electron chi connectivity index (χ0n) is 12.4. The molecule has 0 aromatic rings. The average molecular weight is 327 g/mol. The largest absolute Gasteiger partial charge is 0.416 e. The third kappa shape index (κ3) is 8.50. The second kappa shape index (κ2) is 5.81. The monoisotopic (exact) mass is 326 g/mol. The first kappa shape index (κ1) is 18.4. The summed E-state index contributed by atoms with van der Waals surface area (Å²) < 4.78 is 17.4. The van der Waals surface area contributed by atoms with E-state index in [1.807, 2.05) is 26.2 Å². The van der Waals surface area contributed by atoms with Gasteiger partial charge in [0, 0.05) is 0 Å². The van der Waals surface area contributed by atoms with E-state index in [4.69, 9.17) is 12.3 Å². The predicted molar refractivity (Wildman–Crippen MR) is 82.0 cm³/mol. The van der Waals surface area contributed by atoms with E-state index in [2.05, 4.69) is 6.58 Å². The first-order chi connectivity index (χ1) is 7.68. The van der Waals surface area contributed by atoms with Crippen molar-refractivity contribution >= 4 is 34.2 Å². The van der Waals surface area contributed by atoms with Crippen LogP contribution in [-0.2, 0) is 12.3 Å². The van der Waals surface area contributed by atoms with E-state index in [9.17, 15) is 9.59 Å². The van der Waals surface area contributed by atoms with Gasteiger partial charge < -0.3 is 21.9 Å². The molecule has 0 saturated heterocycles. The molecule has 0 spiro atoms. The van der Waals surface area contributed by atoms with Crippen LogP contribution in [0.4, 0.5) is 0 Å². The Labute approximate surface area is 114 Å². The minimum absolute atomic E-state index is 1.46. The van der Waals surface area contributed by atoms with Crippen LogP contribution in [0.15, 0.2) is 12.3 Å². The second-order valence-corrected chi connectivity index (χ2v) is 19.3. The molecule has 0 aromatic heterocycles. The molecule has 108 valence electrons. The minimum Gasteiger partial charge on any atom is -0.416 e. The van der Waals surface area contributed by atoms with E-state index in [1.54, 1.807) is 19.6 Å². The van der Waals surface area contributed by atoms with E-state index < -0.39 is 34.2 Å². The van der Waals surface area contributed by atoms with Gasteiger partial charge in [0.1, 0.15) is 0 Å². The quantitative estimate of drug-likeness (QED) is 0.700. The van der Waals surface area contributed by atoms with E-state index in [1.165, 1.54) is 5.70 Å². The van der Waals surface area contributed by atoms with E-state index >= 15 is 0 Å². The summed E-state index contributed by atoms with van der Waals surface area (Å²) in [4.78, 5) is 19.8. The Hall–Kier alpha value is 0.408. The third-order valence-corrected chi connectivity index (χ3v) is 14.1. The van der Waals surface area contributed by atoms with Gasteiger partial charge in [0.25, 0.3) is 0 Å². The molecule has 1 atom stereocenters. The van der Waals surface area contributed by atoms with Gasteiger partial charge in [-0.3, -0.25) is 0 Å². The topological polar surface area (TPSA) is 68.2 Å². The van der Waals surface area contributed by atoms with Crippen LogP contribution in [-0.4, -0.2) is 43.8 Å². The Kier molecular flexibility index (Phi) is 5.94. The summed E-state index contributed by atoms with van der Waals surface area (Å²) in [5, 5.41) is 0. The third-order valence-electron chi connectivity index (χ3n) is 1.82. The van der Waals surface area contributed by atoms with E-state index in [0.717, 1.165) is 0 Å². The summed E-state index contributed by atoms with van der Waals surface area (Å²) in [5.41, 5.74) is 1.46. The molecule has 0 rings (SSSR count). The highest BCUT2D eigenvalue weighted by atomic mass is 28.5. The van der Waals surface area contributed by atoms with Crippen molar-refractivity contribution in [2.45, 2.75) is 45.8 Å². The lowest BCUT2D eigenvalue weighted by Gasteiger charge is -2.38. The summed E-state index contributed by atoms with van der Waals surface area (Å²) in [6, 6.07) is 0. The van der Waals surface area contributed by atoms with Gasteiger partial charge in [-0.05, 0) is 45.8 Å². The molecule has 0 radical (unpaired) electrons. The van der Waals surface area contributed by atoms with E-state index in [-0.39, 0.29) is 0 Å². The fourth-order valence-corrected chi connectivity index (χ4v) is 16.7. The van der Waals surface area contributed by atoms with Crippen molar-refractivity contribution in [3.05, 3.63) is 12.3 Å². The molecule has 0 aliphatic heterocycles. The fraction of sp³-hybridized carbons (Fsp3) is 0.778. The zero-order chi connectivity index (χ0) is 14.8. The molecule has 5 nitrogen and oxygen atoms in total. The van der Waals surface area contributed by atoms with Crippen LogP contribution < -0.4 is 0 Å². The zero-order valence-corrected chi connectivity index (χ0v) is 16.4. The Morgan fingerprint density at radius 2 is 1.17 bits per heavy atom. The van der Waals surface area contributed by atoms with Crippen molar-refractivity contribution in [2.75, 3.05) is 0 Å². The van der Waals surface area contributed by atoms with Gasteiger partial charge in [-0.1, -0.05) is 5.70 Å². The maximum Gasteiger partial charge on any atom is 0.349 e. The highest BCUT2D eigenvalue weighted by Crippen LogP contribution is 2.22. The van der Waals surface area contributed by atoms with Crippen molar-refractivity contribution in [1.82, 2.24) is 0 Å². The summed E-state index contributed by atoms with van der Waals surface area (Å²) in [6.07, 6.45) is 0. The predicted octanol–water partition coefficient (Wildman–Crippen LogP) is 1.92. The molecule has 1 unspecified atom stereocenters. The molecule has 0 aromatic carbocycles. The molecular formula is C9H26O5Si4. The molecule has 18 heavy (non-hydrogen) atoms. The molecule has 0 saturated carbocycles. The number of rotatable bonds is 7. The summed E-state index contributed by atoms with van der Waals surface area (Å²) in [7, 11) is -10.5. The highest BCUT2D eigenvalue weighted by Gasteiger charge is 2.43. The average Bonchev–Trinajstić information content (AvgIpc) is 1.93. The Morgan fingerprint density at radius 3 is 1.50 bits per heavy atom. The van der Waals surface area contributed by atoms with Crippen molar-refractivity contribution in [2.24, 2.45) is 0 Å². The highest BCUT2D eigenvalue weighted by molar-refractivity contribution is 6.88. The molecule has 9 heteroatoms. The van der Waals surface area contributed by atoms with Gasteiger partial charge in [-0.15, -0.1) is 6.58 Å². The Balaban J connectivity index is 4.70. The first-order valence-corrected chi connectivity index (χ1v) is 16.8. The molecule has 0 heterocycles. The lowest BCUT2D eigenvalue weighted by molar-refractivity contribution is 0.280. The van der Waals surface area contributed by atoms with Crippen LogP contribution in [0.5, 0.6) is 0 Å². The number of hydrogen-bond acceptors (Lipinski definition) is 5. The van der Waals surface area contributed by atoms with E-state index in [0.29, 0.717) is 0 Å². The van der Waals surface area contributed by atoms with Gasteiger partial charge in [0.05, 0.1) is 0 Å². The molecule has 2 N–H and O–H groups in total. The van der Waals surface area contributed by atoms with Crippen LogP contribution in [0.1, 0.15) is 0 Å². The van der Waals surface area contributed by atoms with Gasteiger partial charge in [-0.2, -0.15) is 0 Å². The Bertz CT molecular complexity index is 298. The van der Waals surface area contributed by atoms with Crippen molar-refractivity contribution in [1.29, 1.82) is 0 Å². The Morgan fingerprint density at radius 1 is 0.778 bits per heavy atom. The van der Waals surface area contributed by atoms with Gasteiger partial charge in [-0.25, -0.2) is 0 Å². The summed E-state index contributed by atoms with van der Waals surface area (Å²) >= 11 is 0. The maximum absolute atomic E-state index is 9.98. The molecule has 0 aliphatic carbocycles. The van der Waals surface area contributed by atoms with Crippen molar-refractivity contribution in [3.63, 3.8) is 0 Å². The van der Waals surface area contributed by atoms with Crippen molar-refractivity contribution < 1.29 is 21.9 Å². The number of hydrogen-bond donors (Lipinski definition) is 2. The lowest BCUT2D eigenvalue weighted by Crippen LogP contribution is -2.56. The SMILES string of the molecule is C=C[Si](C)(O)O[Si](C)(C)O[Si](C)(C)O[Si](C)(C)O. The van der Waals surface area contributed by atoms with Crippen LogP contribution in [0.3, 0.4) is 0 Å². The second-order valence-electron chi connectivity index (χ2n) is 5.81. The van der Waals surface area contributed by atoms with Crippen LogP contribution in [0.25, 0.3) is 0 Å². The minimum atomic E-state index is -2.85. The molecule has 0 aliphatic rings. The van der Waals surface area contributed by atoms with Crippen molar-refractivity contribution in [3.8, 4) is 0 Å².